The molecule has 1 saturated carbocycles. The summed E-state index contributed by atoms with van der Waals surface area (Å²) in [4.78, 5) is 59.8. The fourth-order valence-electron chi connectivity index (χ4n) is 9.50. The van der Waals surface area contributed by atoms with Crippen molar-refractivity contribution in [2.45, 2.75) is 94.4 Å². The summed E-state index contributed by atoms with van der Waals surface area (Å²) in [6.07, 6.45) is 4.95. The molecule has 7 heterocycles. The van der Waals surface area contributed by atoms with Crippen LogP contribution in [-0.2, 0) is 21.4 Å². The number of fused-ring (bicyclic) bond motifs is 2. The number of para-hydroxylation sites is 1. The molecule has 4 fully saturated rings. The second-order valence-electron chi connectivity index (χ2n) is 16.7. The van der Waals surface area contributed by atoms with Crippen LogP contribution in [0.3, 0.4) is 0 Å². The van der Waals surface area contributed by atoms with Crippen LogP contribution in [0.5, 0.6) is 0 Å². The summed E-state index contributed by atoms with van der Waals surface area (Å²) in [6, 6.07) is 7.03. The van der Waals surface area contributed by atoms with E-state index in [2.05, 4.69) is 31.1 Å². The minimum atomic E-state index is -2.95. The molecule has 5 aromatic rings. The number of nitrogens with one attached hydrogen (secondary N) is 3. The highest BCUT2D eigenvalue weighted by Crippen LogP contribution is 2.37. The van der Waals surface area contributed by atoms with Crippen molar-refractivity contribution in [3.8, 4) is 0 Å². The van der Waals surface area contributed by atoms with E-state index in [-0.39, 0.29) is 78.0 Å². The summed E-state index contributed by atoms with van der Waals surface area (Å²) in [6.45, 7) is 1.69. The lowest BCUT2D eigenvalue weighted by Crippen LogP contribution is -2.48. The monoisotopic (exact) mass is 843 g/mol. The molecule has 3 saturated heterocycles. The molecule has 0 bridgehead atoms. The van der Waals surface area contributed by atoms with E-state index >= 15 is 0 Å². The second-order valence-corrected chi connectivity index (χ2v) is 16.7. The molecule has 3 atom stereocenters. The number of likely N-dealkylation sites (tertiary alicyclic amines) is 1. The Balaban J connectivity index is 0.799. The van der Waals surface area contributed by atoms with Gasteiger partial charge in [0.05, 0.1) is 47.3 Å². The minimum Gasteiger partial charge on any atom is -0.380 e. The lowest BCUT2D eigenvalue weighted by molar-refractivity contribution is -0.138. The van der Waals surface area contributed by atoms with Crippen LogP contribution >= 0.6 is 0 Å². The van der Waals surface area contributed by atoms with Crippen molar-refractivity contribution in [3.05, 3.63) is 59.8 Å². The highest BCUT2D eigenvalue weighted by Gasteiger charge is 2.35. The van der Waals surface area contributed by atoms with E-state index < -0.39 is 30.1 Å². The third-order valence-electron chi connectivity index (χ3n) is 12.6. The Morgan fingerprint density at radius 1 is 0.984 bits per heavy atom. The number of aryl methyl sites for hydroxylation is 1. The van der Waals surface area contributed by atoms with E-state index in [0.29, 0.717) is 63.3 Å². The number of nitrogens with zero attached hydrogens (tertiary/aromatic N) is 9. The first-order valence-corrected chi connectivity index (χ1v) is 20.9. The van der Waals surface area contributed by atoms with Crippen LogP contribution in [0.4, 0.5) is 30.4 Å². The van der Waals surface area contributed by atoms with E-state index in [1.807, 2.05) is 30.1 Å². The number of carbonyl (C=O) groups is 4. The van der Waals surface area contributed by atoms with Gasteiger partial charge in [0.2, 0.25) is 17.7 Å². The number of piperidine rings is 3. The Hall–Kier alpha value is -6.05. The zero-order valence-electron chi connectivity index (χ0n) is 33.6. The molecule has 61 heavy (non-hydrogen) atoms. The van der Waals surface area contributed by atoms with E-state index in [9.17, 15) is 32.3 Å². The fourth-order valence-corrected chi connectivity index (χ4v) is 9.50. The van der Waals surface area contributed by atoms with Gasteiger partial charge in [-0.1, -0.05) is 12.1 Å². The van der Waals surface area contributed by atoms with Gasteiger partial charge in [-0.2, -0.15) is 15.3 Å². The molecule has 20 heteroatoms. The summed E-state index contributed by atoms with van der Waals surface area (Å²) in [5.41, 5.74) is 8.00. The van der Waals surface area contributed by atoms with Crippen LogP contribution in [0.15, 0.2) is 42.9 Å². The molecule has 5 N–H and O–H groups in total. The number of carbonyl (C=O) groups excluding carboxylic acids is 4. The Morgan fingerprint density at radius 3 is 2.51 bits per heavy atom. The Labute approximate surface area is 348 Å². The third kappa shape index (κ3) is 7.99. The average Bonchev–Trinajstić information content (AvgIpc) is 3.96. The van der Waals surface area contributed by atoms with Crippen LogP contribution in [0.2, 0.25) is 0 Å². The quantitative estimate of drug-likeness (QED) is 0.155. The van der Waals surface area contributed by atoms with E-state index in [4.69, 9.17) is 10.8 Å². The summed E-state index contributed by atoms with van der Waals surface area (Å²) >= 11 is 0. The third-order valence-corrected chi connectivity index (χ3v) is 12.6. The molecule has 1 aliphatic carbocycles. The van der Waals surface area contributed by atoms with Crippen molar-refractivity contribution in [2.75, 3.05) is 41.7 Å². The highest BCUT2D eigenvalue weighted by molar-refractivity contribution is 6.08. The average molecular weight is 844 g/mol. The van der Waals surface area contributed by atoms with Gasteiger partial charge in [-0.3, -0.25) is 33.9 Å². The van der Waals surface area contributed by atoms with E-state index in [1.165, 1.54) is 21.6 Å². The predicted octanol–water partition coefficient (Wildman–Crippen LogP) is 4.23. The summed E-state index contributed by atoms with van der Waals surface area (Å²) in [7, 11) is 1.84. The molecule has 1 unspecified atom stereocenters. The van der Waals surface area contributed by atoms with Crippen LogP contribution in [-0.4, -0.2) is 107 Å². The second kappa shape index (κ2) is 16.4. The van der Waals surface area contributed by atoms with Gasteiger partial charge < -0.3 is 26.2 Å². The maximum atomic E-state index is 14.3. The van der Waals surface area contributed by atoms with Crippen molar-refractivity contribution < 1.29 is 32.3 Å². The number of aromatic nitrogens is 7. The number of halogens is 3. The van der Waals surface area contributed by atoms with Crippen molar-refractivity contribution in [1.82, 2.24) is 44.4 Å². The molecule has 17 nitrogen and oxygen atoms in total. The lowest BCUT2D eigenvalue weighted by Gasteiger charge is -2.37. The zero-order valence-corrected chi connectivity index (χ0v) is 33.6. The lowest BCUT2D eigenvalue weighted by atomic mass is 9.84. The van der Waals surface area contributed by atoms with Gasteiger partial charge in [0.15, 0.2) is 11.3 Å². The number of hydrogen-bond acceptors (Lipinski definition) is 11. The first kappa shape index (κ1) is 40.4. The number of anilines is 3. The topological polar surface area (TPSA) is 203 Å². The molecule has 322 valence electrons. The molecule has 1 aromatic carbocycles. The molecular weight excluding hydrogens is 796 g/mol. The normalized spacial score (nSPS) is 24.1. The SMILES string of the molecule is Cn1nc(C2CCC(=O)NC2=O)c2cccc(NC3CCN(C(=O)C4CCC(n5cc(NC(=O)c6cnn7ccc(N8C[C@H](N)C[C@@H](F)C8)nc67)c(C(F)F)n5)CC4)CC3)c21. The molecule has 4 aromatic heterocycles. The van der Waals surface area contributed by atoms with Gasteiger partial charge in [-0.15, -0.1) is 0 Å². The Kier molecular flexibility index (Phi) is 10.9. The van der Waals surface area contributed by atoms with Crippen molar-refractivity contribution in [1.29, 1.82) is 0 Å². The summed E-state index contributed by atoms with van der Waals surface area (Å²) < 4.78 is 47.5. The Morgan fingerprint density at radius 2 is 1.77 bits per heavy atom. The largest absolute Gasteiger partial charge is 0.380 e. The Bertz CT molecular complexity index is 2480. The molecule has 0 spiro atoms. The fraction of sp³-hybridized carbons (Fsp3) is 0.512. The van der Waals surface area contributed by atoms with Crippen molar-refractivity contribution in [3.63, 3.8) is 0 Å². The summed E-state index contributed by atoms with van der Waals surface area (Å²) in [5, 5.41) is 22.6. The van der Waals surface area contributed by atoms with Gasteiger partial charge in [-0.25, -0.2) is 22.7 Å². The number of hydrogen-bond donors (Lipinski definition) is 4. The molecule has 4 amide bonds. The minimum absolute atomic E-state index is 0.0538. The first-order valence-electron chi connectivity index (χ1n) is 20.9. The number of benzene rings is 1. The number of imide groups is 1. The maximum absolute atomic E-state index is 14.3. The van der Waals surface area contributed by atoms with E-state index in [1.54, 1.807) is 21.8 Å². The molecule has 4 aliphatic rings. The van der Waals surface area contributed by atoms with Crippen LogP contribution in [0.25, 0.3) is 16.6 Å². The smallest absolute Gasteiger partial charge is 0.284 e. The van der Waals surface area contributed by atoms with Gasteiger partial charge >= 0.3 is 0 Å². The highest BCUT2D eigenvalue weighted by atomic mass is 19.3. The standard InChI is InChI=1S/C41H48F3N13O4/c1-53-36-27(34(51-53)28-9-10-33(58)50-39(28)59)3-2-4-30(36)47-25-11-14-54(15-12-25)41(61)22-5-7-26(8-6-22)57-21-31(35(52-57)37(43)44)48-40(60)29-18-46-56-16-13-32(49-38(29)56)55-19-23(42)17-24(45)20-55/h2-4,13,16,18,21-26,28,37,47H,5-12,14-15,17,19-20,45H2,1H3,(H,48,60)(H,50,58,59)/t22?,23-,24-,26?,28?/m1/s1. The first-order chi connectivity index (χ1) is 29.4. The zero-order chi connectivity index (χ0) is 42.5. The van der Waals surface area contributed by atoms with E-state index in [0.717, 1.165) is 29.4 Å². The molecule has 0 radical (unpaired) electrons. The number of rotatable bonds is 9. The number of amides is 4. The maximum Gasteiger partial charge on any atom is 0.284 e. The summed E-state index contributed by atoms with van der Waals surface area (Å²) in [5.74, 6) is -1.45. The van der Waals surface area contributed by atoms with Crippen molar-refractivity contribution in [2.24, 2.45) is 18.7 Å². The van der Waals surface area contributed by atoms with Crippen LogP contribution in [0, 0.1) is 5.92 Å². The van der Waals surface area contributed by atoms with Gasteiger partial charge in [0.25, 0.3) is 12.3 Å². The van der Waals surface area contributed by atoms with Crippen LogP contribution < -0.4 is 26.6 Å². The van der Waals surface area contributed by atoms with Crippen LogP contribution in [0.1, 0.15) is 97.9 Å². The van der Waals surface area contributed by atoms with Crippen molar-refractivity contribution >= 4 is 57.4 Å². The van der Waals surface area contributed by atoms with Gasteiger partial charge in [0, 0.05) is 68.9 Å². The molecule has 9 rings (SSSR count). The molecule has 3 aliphatic heterocycles. The van der Waals surface area contributed by atoms with Gasteiger partial charge in [-0.05, 0) is 63.5 Å². The van der Waals surface area contributed by atoms with Gasteiger partial charge in [0.1, 0.15) is 17.6 Å². The molecular formula is C41H48F3N13O4. The predicted molar refractivity (Wildman–Crippen MR) is 218 cm³/mol. The number of nitrogens with two attached hydrogens (primary N) is 1. The number of alkyl halides is 3.